The van der Waals surface area contributed by atoms with Crippen molar-refractivity contribution >= 4 is 37.8 Å². The summed E-state index contributed by atoms with van der Waals surface area (Å²) in [7, 11) is 1.40. The molecule has 0 saturated carbocycles. The molecule has 0 saturated heterocycles. The molecule has 1 aromatic rings. The SMILES string of the molecule is COC(=O)c1ccc(CBr)c(CCCBr)c1. The predicted octanol–water partition coefficient (Wildman–Crippen LogP) is 3.70. The first-order valence-corrected chi connectivity index (χ1v) is 7.29. The molecule has 16 heavy (non-hydrogen) atoms. The van der Waals surface area contributed by atoms with E-state index in [4.69, 9.17) is 4.74 Å². The molecule has 0 aliphatic rings. The number of aryl methyl sites for hydroxylation is 1. The van der Waals surface area contributed by atoms with Crippen LogP contribution in [-0.4, -0.2) is 18.4 Å². The molecule has 0 aliphatic carbocycles. The molecule has 1 aromatic carbocycles. The molecule has 0 bridgehead atoms. The second kappa shape index (κ2) is 7.07. The number of carbonyl (C=O) groups excluding carboxylic acids is 1. The van der Waals surface area contributed by atoms with Gasteiger partial charge in [0.1, 0.15) is 0 Å². The Hall–Kier alpha value is -0.350. The lowest BCUT2D eigenvalue weighted by molar-refractivity contribution is 0.0600. The Morgan fingerprint density at radius 2 is 2.06 bits per heavy atom. The predicted molar refractivity (Wildman–Crippen MR) is 72.5 cm³/mol. The number of rotatable bonds is 5. The van der Waals surface area contributed by atoms with Crippen LogP contribution in [0.4, 0.5) is 0 Å². The molecule has 88 valence electrons. The highest BCUT2D eigenvalue weighted by atomic mass is 79.9. The van der Waals surface area contributed by atoms with E-state index in [-0.39, 0.29) is 5.97 Å². The first-order chi connectivity index (χ1) is 7.72. The van der Waals surface area contributed by atoms with Crippen LogP contribution in [-0.2, 0) is 16.5 Å². The zero-order chi connectivity index (χ0) is 12.0. The number of carbonyl (C=O) groups is 1. The maximum Gasteiger partial charge on any atom is 0.337 e. The van der Waals surface area contributed by atoms with Crippen molar-refractivity contribution in [2.45, 2.75) is 18.2 Å². The van der Waals surface area contributed by atoms with Gasteiger partial charge in [-0.2, -0.15) is 0 Å². The molecule has 1 rings (SSSR count). The third kappa shape index (κ3) is 3.59. The topological polar surface area (TPSA) is 26.3 Å². The van der Waals surface area contributed by atoms with Crippen molar-refractivity contribution in [1.29, 1.82) is 0 Å². The van der Waals surface area contributed by atoms with Crippen LogP contribution in [0.25, 0.3) is 0 Å². The van der Waals surface area contributed by atoms with Crippen LogP contribution < -0.4 is 0 Å². The van der Waals surface area contributed by atoms with Gasteiger partial charge in [0.05, 0.1) is 12.7 Å². The highest BCUT2D eigenvalue weighted by Gasteiger charge is 2.08. The van der Waals surface area contributed by atoms with Crippen LogP contribution in [0, 0.1) is 0 Å². The van der Waals surface area contributed by atoms with Gasteiger partial charge in [-0.25, -0.2) is 4.79 Å². The van der Waals surface area contributed by atoms with Crippen molar-refractivity contribution < 1.29 is 9.53 Å². The van der Waals surface area contributed by atoms with Crippen molar-refractivity contribution in [3.05, 3.63) is 34.9 Å². The number of esters is 1. The molecule has 4 heteroatoms. The molecule has 0 spiro atoms. The smallest absolute Gasteiger partial charge is 0.337 e. The summed E-state index contributed by atoms with van der Waals surface area (Å²) in [5.74, 6) is -0.277. The summed E-state index contributed by atoms with van der Waals surface area (Å²) in [5, 5.41) is 1.78. The van der Waals surface area contributed by atoms with Gasteiger partial charge in [0, 0.05) is 10.7 Å². The lowest BCUT2D eigenvalue weighted by Crippen LogP contribution is -2.03. The van der Waals surface area contributed by atoms with Crippen molar-refractivity contribution in [1.82, 2.24) is 0 Å². The van der Waals surface area contributed by atoms with Gasteiger partial charge in [0.2, 0.25) is 0 Å². The molecule has 0 atom stereocenters. The molecule has 0 heterocycles. The van der Waals surface area contributed by atoms with E-state index in [1.165, 1.54) is 18.2 Å². The van der Waals surface area contributed by atoms with E-state index in [1.807, 2.05) is 12.1 Å². The summed E-state index contributed by atoms with van der Waals surface area (Å²) in [6, 6.07) is 5.70. The van der Waals surface area contributed by atoms with Gasteiger partial charge in [-0.15, -0.1) is 0 Å². The number of alkyl halides is 2. The Morgan fingerprint density at radius 1 is 1.31 bits per heavy atom. The minimum absolute atomic E-state index is 0.277. The van der Waals surface area contributed by atoms with Gasteiger partial charge >= 0.3 is 5.97 Å². The van der Waals surface area contributed by atoms with Gasteiger partial charge < -0.3 is 4.74 Å². The Kier molecular flexibility index (Phi) is 6.06. The Morgan fingerprint density at radius 3 is 2.62 bits per heavy atom. The van der Waals surface area contributed by atoms with Crippen LogP contribution in [0.3, 0.4) is 0 Å². The van der Waals surface area contributed by atoms with E-state index in [2.05, 4.69) is 31.9 Å². The number of ether oxygens (including phenoxy) is 1. The second-order valence-corrected chi connectivity index (χ2v) is 4.75. The highest BCUT2D eigenvalue weighted by Crippen LogP contribution is 2.18. The van der Waals surface area contributed by atoms with Crippen molar-refractivity contribution in [3.8, 4) is 0 Å². The number of hydrogen-bond acceptors (Lipinski definition) is 2. The molecule has 0 aliphatic heterocycles. The quantitative estimate of drug-likeness (QED) is 0.598. The zero-order valence-electron chi connectivity index (χ0n) is 9.13. The van der Waals surface area contributed by atoms with Gasteiger partial charge in [-0.1, -0.05) is 37.9 Å². The van der Waals surface area contributed by atoms with Crippen LogP contribution in [0.2, 0.25) is 0 Å². The summed E-state index contributed by atoms with van der Waals surface area (Å²) in [6.07, 6.45) is 2.03. The lowest BCUT2D eigenvalue weighted by Gasteiger charge is -2.08. The monoisotopic (exact) mass is 348 g/mol. The highest BCUT2D eigenvalue weighted by molar-refractivity contribution is 9.09. The molecule has 0 unspecified atom stereocenters. The maximum absolute atomic E-state index is 11.4. The van der Waals surface area contributed by atoms with Crippen molar-refractivity contribution in [2.24, 2.45) is 0 Å². The molecule has 0 fully saturated rings. The Bertz CT molecular complexity index is 364. The number of benzene rings is 1. The van der Waals surface area contributed by atoms with E-state index in [0.29, 0.717) is 5.56 Å². The fourth-order valence-corrected chi connectivity index (χ4v) is 2.32. The largest absolute Gasteiger partial charge is 0.465 e. The maximum atomic E-state index is 11.4. The van der Waals surface area contributed by atoms with Crippen LogP contribution in [0.15, 0.2) is 18.2 Å². The third-order valence-electron chi connectivity index (χ3n) is 2.35. The van der Waals surface area contributed by atoms with Gasteiger partial charge in [-0.05, 0) is 36.1 Å². The van der Waals surface area contributed by atoms with Gasteiger partial charge in [0.25, 0.3) is 0 Å². The minimum Gasteiger partial charge on any atom is -0.465 e. The number of hydrogen-bond donors (Lipinski definition) is 0. The van der Waals surface area contributed by atoms with E-state index in [0.717, 1.165) is 23.5 Å². The summed E-state index contributed by atoms with van der Waals surface area (Å²) in [4.78, 5) is 11.4. The van der Waals surface area contributed by atoms with Gasteiger partial charge in [-0.3, -0.25) is 0 Å². The summed E-state index contributed by atoms with van der Waals surface area (Å²) in [5.41, 5.74) is 3.06. The first kappa shape index (κ1) is 13.7. The van der Waals surface area contributed by atoms with Gasteiger partial charge in [0.15, 0.2) is 0 Å². The third-order valence-corrected chi connectivity index (χ3v) is 3.52. The van der Waals surface area contributed by atoms with Crippen molar-refractivity contribution in [2.75, 3.05) is 12.4 Å². The molecule has 0 amide bonds. The summed E-state index contributed by atoms with van der Waals surface area (Å²) < 4.78 is 4.71. The van der Waals surface area contributed by atoms with E-state index in [1.54, 1.807) is 6.07 Å². The average molecular weight is 350 g/mol. The lowest BCUT2D eigenvalue weighted by atomic mass is 10.0. The Labute approximate surface area is 113 Å². The molecule has 0 N–H and O–H groups in total. The number of halogens is 2. The summed E-state index contributed by atoms with van der Waals surface area (Å²) in [6.45, 7) is 0. The van der Waals surface area contributed by atoms with E-state index in [9.17, 15) is 4.79 Å². The van der Waals surface area contributed by atoms with Crippen LogP contribution >= 0.6 is 31.9 Å². The molecule has 0 aromatic heterocycles. The standard InChI is InChI=1S/C12H14Br2O2/c1-16-12(15)10-4-5-11(8-14)9(7-10)3-2-6-13/h4-5,7H,2-3,6,8H2,1H3. The fourth-order valence-electron chi connectivity index (χ4n) is 1.49. The molecular formula is C12H14Br2O2. The van der Waals surface area contributed by atoms with Crippen molar-refractivity contribution in [3.63, 3.8) is 0 Å². The first-order valence-electron chi connectivity index (χ1n) is 5.05. The Balaban J connectivity index is 2.96. The fraction of sp³-hybridized carbons (Fsp3) is 0.417. The molecule has 2 nitrogen and oxygen atoms in total. The minimum atomic E-state index is -0.277. The van der Waals surface area contributed by atoms with Crippen LogP contribution in [0.5, 0.6) is 0 Å². The second-order valence-electron chi connectivity index (χ2n) is 3.40. The number of methoxy groups -OCH3 is 1. The molecular weight excluding hydrogens is 336 g/mol. The van der Waals surface area contributed by atoms with Crippen LogP contribution in [0.1, 0.15) is 27.9 Å². The summed E-state index contributed by atoms with van der Waals surface area (Å²) >= 11 is 6.86. The molecule has 0 radical (unpaired) electrons. The zero-order valence-corrected chi connectivity index (χ0v) is 12.3. The van der Waals surface area contributed by atoms with E-state index >= 15 is 0 Å². The average Bonchev–Trinajstić information content (AvgIpc) is 2.34. The van der Waals surface area contributed by atoms with E-state index < -0.39 is 0 Å². The normalized spacial score (nSPS) is 10.2.